The summed E-state index contributed by atoms with van der Waals surface area (Å²) in [6.45, 7) is 1.67. The third kappa shape index (κ3) is 3.65. The standard InChI is InChI=1S/C18H19FN2O4S/c1-10-4-5-11(6-14(10)19)12-8-18(22)20-15-9-16(21-26(3,23)24)17(25-2)7-13(12)15/h4-7,9,12,21H,8H2,1-3H3,(H,20,22). The molecule has 1 aliphatic rings. The molecule has 0 radical (unpaired) electrons. The van der Waals surface area contributed by atoms with Gasteiger partial charge >= 0.3 is 0 Å². The Balaban J connectivity index is 2.13. The molecule has 0 aromatic heterocycles. The van der Waals surface area contributed by atoms with Crippen LogP contribution < -0.4 is 14.8 Å². The second-order valence-electron chi connectivity index (χ2n) is 6.33. The maximum Gasteiger partial charge on any atom is 0.229 e. The molecule has 0 saturated heterocycles. The van der Waals surface area contributed by atoms with Crippen LogP contribution in [0.1, 0.15) is 29.0 Å². The molecule has 138 valence electrons. The molecule has 1 atom stereocenters. The molecule has 1 unspecified atom stereocenters. The van der Waals surface area contributed by atoms with Crippen LogP contribution in [0.3, 0.4) is 0 Å². The molecule has 1 aliphatic heterocycles. The molecule has 0 spiro atoms. The van der Waals surface area contributed by atoms with E-state index in [1.165, 1.54) is 19.2 Å². The fraction of sp³-hybridized carbons (Fsp3) is 0.278. The zero-order chi connectivity index (χ0) is 19.1. The van der Waals surface area contributed by atoms with Crippen LogP contribution in [0.15, 0.2) is 30.3 Å². The van der Waals surface area contributed by atoms with Gasteiger partial charge in [0.1, 0.15) is 11.6 Å². The largest absolute Gasteiger partial charge is 0.495 e. The lowest BCUT2D eigenvalue weighted by Gasteiger charge is -2.27. The van der Waals surface area contributed by atoms with Gasteiger partial charge in [-0.2, -0.15) is 0 Å². The van der Waals surface area contributed by atoms with Gasteiger partial charge in [-0.05, 0) is 41.8 Å². The SMILES string of the molecule is COc1cc2c(cc1NS(C)(=O)=O)NC(=O)CC2c1ccc(C)c(F)c1. The van der Waals surface area contributed by atoms with Crippen molar-refractivity contribution in [1.29, 1.82) is 0 Å². The quantitative estimate of drug-likeness (QED) is 0.857. The Kier molecular flexibility index (Phi) is 4.62. The molecule has 2 N–H and O–H groups in total. The number of anilines is 2. The van der Waals surface area contributed by atoms with Gasteiger partial charge < -0.3 is 10.1 Å². The van der Waals surface area contributed by atoms with E-state index < -0.39 is 10.0 Å². The Hall–Kier alpha value is -2.61. The number of fused-ring (bicyclic) bond motifs is 1. The highest BCUT2D eigenvalue weighted by Gasteiger charge is 2.29. The Bertz CT molecular complexity index is 989. The summed E-state index contributed by atoms with van der Waals surface area (Å²) in [5, 5.41) is 2.74. The van der Waals surface area contributed by atoms with Gasteiger partial charge in [0, 0.05) is 18.0 Å². The molecule has 26 heavy (non-hydrogen) atoms. The maximum atomic E-state index is 14.0. The van der Waals surface area contributed by atoms with Crippen LogP contribution in [-0.2, 0) is 14.8 Å². The van der Waals surface area contributed by atoms with E-state index in [1.54, 1.807) is 25.1 Å². The highest BCUT2D eigenvalue weighted by atomic mass is 32.2. The van der Waals surface area contributed by atoms with E-state index in [0.29, 0.717) is 22.6 Å². The summed E-state index contributed by atoms with van der Waals surface area (Å²) in [6, 6.07) is 8.08. The zero-order valence-corrected chi connectivity index (χ0v) is 15.4. The fourth-order valence-corrected chi connectivity index (χ4v) is 3.62. The van der Waals surface area contributed by atoms with Crippen molar-refractivity contribution < 1.29 is 22.3 Å². The summed E-state index contributed by atoms with van der Waals surface area (Å²) >= 11 is 0. The van der Waals surface area contributed by atoms with Crippen molar-refractivity contribution in [3.63, 3.8) is 0 Å². The molecule has 1 amide bonds. The van der Waals surface area contributed by atoms with Gasteiger partial charge in [0.25, 0.3) is 0 Å². The van der Waals surface area contributed by atoms with Gasteiger partial charge in [0.2, 0.25) is 15.9 Å². The fourth-order valence-electron chi connectivity index (χ4n) is 3.06. The summed E-state index contributed by atoms with van der Waals surface area (Å²) in [4.78, 5) is 12.1. The van der Waals surface area contributed by atoms with Crippen LogP contribution >= 0.6 is 0 Å². The molecule has 0 saturated carbocycles. The van der Waals surface area contributed by atoms with Crippen molar-refractivity contribution in [3.8, 4) is 5.75 Å². The minimum absolute atomic E-state index is 0.164. The van der Waals surface area contributed by atoms with Crippen LogP contribution in [0, 0.1) is 12.7 Å². The summed E-state index contributed by atoms with van der Waals surface area (Å²) < 4.78 is 44.8. The lowest BCUT2D eigenvalue weighted by molar-refractivity contribution is -0.116. The number of carbonyl (C=O) groups is 1. The van der Waals surface area contributed by atoms with E-state index in [2.05, 4.69) is 10.0 Å². The van der Waals surface area contributed by atoms with Crippen LogP contribution in [0.25, 0.3) is 0 Å². The first-order chi connectivity index (χ1) is 12.2. The number of sulfonamides is 1. The Morgan fingerprint density at radius 3 is 2.62 bits per heavy atom. The summed E-state index contributed by atoms with van der Waals surface area (Å²) in [5.74, 6) is -0.589. The number of hydrogen-bond acceptors (Lipinski definition) is 4. The summed E-state index contributed by atoms with van der Waals surface area (Å²) in [6.07, 6.45) is 1.19. The second kappa shape index (κ2) is 6.60. The molecule has 3 rings (SSSR count). The molecule has 6 nitrogen and oxygen atoms in total. The molecular weight excluding hydrogens is 359 g/mol. The van der Waals surface area contributed by atoms with Crippen LogP contribution in [0.5, 0.6) is 5.75 Å². The number of amides is 1. The van der Waals surface area contributed by atoms with Crippen molar-refractivity contribution in [3.05, 3.63) is 52.8 Å². The van der Waals surface area contributed by atoms with Crippen molar-refractivity contribution in [2.75, 3.05) is 23.4 Å². The average Bonchev–Trinajstić information content (AvgIpc) is 2.54. The van der Waals surface area contributed by atoms with E-state index in [1.807, 2.05) is 0 Å². The van der Waals surface area contributed by atoms with E-state index in [9.17, 15) is 17.6 Å². The molecular formula is C18H19FN2O4S. The lowest BCUT2D eigenvalue weighted by atomic mass is 9.84. The van der Waals surface area contributed by atoms with Crippen molar-refractivity contribution >= 4 is 27.3 Å². The number of benzene rings is 2. The summed E-state index contributed by atoms with van der Waals surface area (Å²) in [7, 11) is -2.09. The number of aryl methyl sites for hydroxylation is 1. The number of hydrogen-bond donors (Lipinski definition) is 2. The van der Waals surface area contributed by atoms with Gasteiger partial charge in [0.05, 0.1) is 19.1 Å². The van der Waals surface area contributed by atoms with Gasteiger partial charge in [-0.1, -0.05) is 12.1 Å². The highest BCUT2D eigenvalue weighted by molar-refractivity contribution is 7.92. The molecule has 0 fully saturated rings. The number of methoxy groups -OCH3 is 1. The smallest absolute Gasteiger partial charge is 0.229 e. The van der Waals surface area contributed by atoms with E-state index >= 15 is 0 Å². The molecule has 0 bridgehead atoms. The topological polar surface area (TPSA) is 84.5 Å². The second-order valence-corrected chi connectivity index (χ2v) is 8.08. The van der Waals surface area contributed by atoms with Crippen molar-refractivity contribution in [1.82, 2.24) is 0 Å². The first kappa shape index (κ1) is 18.2. The minimum Gasteiger partial charge on any atom is -0.495 e. The number of nitrogens with one attached hydrogen (secondary N) is 2. The number of carbonyl (C=O) groups excluding carboxylic acids is 1. The molecule has 2 aromatic rings. The highest BCUT2D eigenvalue weighted by Crippen LogP contribution is 2.42. The van der Waals surface area contributed by atoms with Crippen LogP contribution in [0.2, 0.25) is 0 Å². The van der Waals surface area contributed by atoms with E-state index in [0.717, 1.165) is 11.8 Å². The Morgan fingerprint density at radius 2 is 2.00 bits per heavy atom. The van der Waals surface area contributed by atoms with Gasteiger partial charge in [-0.15, -0.1) is 0 Å². The normalized spacial score (nSPS) is 16.6. The zero-order valence-electron chi connectivity index (χ0n) is 14.6. The molecule has 1 heterocycles. The number of ether oxygens (including phenoxy) is 1. The Labute approximate surface area is 151 Å². The van der Waals surface area contributed by atoms with Gasteiger partial charge in [-0.25, -0.2) is 12.8 Å². The number of rotatable bonds is 4. The first-order valence-corrected chi connectivity index (χ1v) is 9.82. The molecule has 0 aliphatic carbocycles. The van der Waals surface area contributed by atoms with E-state index in [-0.39, 0.29) is 29.8 Å². The number of halogens is 1. The minimum atomic E-state index is -3.52. The van der Waals surface area contributed by atoms with Gasteiger partial charge in [0.15, 0.2) is 0 Å². The van der Waals surface area contributed by atoms with Crippen LogP contribution in [0.4, 0.5) is 15.8 Å². The van der Waals surface area contributed by atoms with Crippen molar-refractivity contribution in [2.45, 2.75) is 19.3 Å². The predicted octanol–water partition coefficient (Wildman–Crippen LogP) is 2.99. The lowest BCUT2D eigenvalue weighted by Crippen LogP contribution is -2.24. The summed E-state index contributed by atoms with van der Waals surface area (Å²) in [5.41, 5.74) is 2.64. The third-order valence-electron chi connectivity index (χ3n) is 4.30. The molecule has 8 heteroatoms. The predicted molar refractivity (Wildman–Crippen MR) is 97.7 cm³/mol. The monoisotopic (exact) mass is 378 g/mol. The first-order valence-electron chi connectivity index (χ1n) is 7.93. The van der Waals surface area contributed by atoms with Gasteiger partial charge in [-0.3, -0.25) is 9.52 Å². The molecule has 2 aromatic carbocycles. The van der Waals surface area contributed by atoms with Crippen LogP contribution in [-0.4, -0.2) is 27.7 Å². The van der Waals surface area contributed by atoms with E-state index in [4.69, 9.17) is 4.74 Å². The third-order valence-corrected chi connectivity index (χ3v) is 4.89. The average molecular weight is 378 g/mol. The maximum absolute atomic E-state index is 14.0. The Morgan fingerprint density at radius 1 is 1.27 bits per heavy atom. The van der Waals surface area contributed by atoms with Crippen molar-refractivity contribution in [2.24, 2.45) is 0 Å².